The third-order valence-electron chi connectivity index (χ3n) is 5.32. The van der Waals surface area contributed by atoms with Crippen molar-refractivity contribution in [3.63, 3.8) is 0 Å². The van der Waals surface area contributed by atoms with E-state index in [4.69, 9.17) is 4.74 Å². The maximum absolute atomic E-state index is 14.0. The number of hydrogen-bond donors (Lipinski definition) is 1. The van der Waals surface area contributed by atoms with E-state index < -0.39 is 0 Å². The van der Waals surface area contributed by atoms with Crippen molar-refractivity contribution in [2.24, 2.45) is 0 Å². The summed E-state index contributed by atoms with van der Waals surface area (Å²) in [6.45, 7) is 3.65. The Morgan fingerprint density at radius 2 is 1.55 bits per heavy atom. The Labute approximate surface area is 182 Å². The molecule has 6 heteroatoms. The quantitative estimate of drug-likeness (QED) is 0.625. The van der Waals surface area contributed by atoms with Crippen LogP contribution in [0.4, 0.5) is 15.8 Å². The lowest BCUT2D eigenvalue weighted by Gasteiger charge is -2.35. The van der Waals surface area contributed by atoms with Crippen LogP contribution < -0.4 is 15.0 Å². The number of carbonyl (C=O) groups excluding carboxylic acids is 1. The molecular weight excluding hydrogens is 393 g/mol. The van der Waals surface area contributed by atoms with Gasteiger partial charge in [0.15, 0.2) is 0 Å². The number of nitrogens with zero attached hydrogens (tertiary/aromatic N) is 2. The number of para-hydroxylation sites is 1. The smallest absolute Gasteiger partial charge is 0.238 e. The van der Waals surface area contributed by atoms with Gasteiger partial charge >= 0.3 is 0 Å². The van der Waals surface area contributed by atoms with Crippen molar-refractivity contribution in [3.8, 4) is 5.75 Å². The van der Waals surface area contributed by atoms with Crippen LogP contribution in [-0.4, -0.2) is 43.5 Å². The molecule has 3 aromatic carbocycles. The molecule has 0 radical (unpaired) electrons. The van der Waals surface area contributed by atoms with Gasteiger partial charge in [-0.15, -0.1) is 0 Å². The van der Waals surface area contributed by atoms with Crippen molar-refractivity contribution in [1.82, 2.24) is 4.90 Å². The number of amides is 1. The van der Waals surface area contributed by atoms with Gasteiger partial charge in [-0.05, 0) is 42.0 Å². The summed E-state index contributed by atoms with van der Waals surface area (Å²) in [4.78, 5) is 16.5. The van der Waals surface area contributed by atoms with E-state index in [1.807, 2.05) is 65.6 Å². The van der Waals surface area contributed by atoms with Gasteiger partial charge in [0.25, 0.3) is 0 Å². The Hall–Kier alpha value is -3.38. The van der Waals surface area contributed by atoms with Gasteiger partial charge in [-0.3, -0.25) is 9.69 Å². The number of anilines is 2. The highest BCUT2D eigenvalue weighted by atomic mass is 19.1. The maximum atomic E-state index is 14.0. The first kappa shape index (κ1) is 20.9. The van der Waals surface area contributed by atoms with Gasteiger partial charge in [0.2, 0.25) is 5.91 Å². The highest BCUT2D eigenvalue weighted by Crippen LogP contribution is 2.20. The van der Waals surface area contributed by atoms with Gasteiger partial charge in [0, 0.05) is 31.9 Å². The number of halogens is 1. The lowest BCUT2D eigenvalue weighted by atomic mass is 10.2. The summed E-state index contributed by atoms with van der Waals surface area (Å²) in [5, 5.41) is 2.93. The molecule has 0 unspecified atom stereocenters. The SMILES string of the molecule is O=C(CN1CCN(c2ccccc2F)CC1)Nc1ccc(OCc2ccccc2)cc1. The molecule has 0 spiro atoms. The Kier molecular flexibility index (Phi) is 6.79. The van der Waals surface area contributed by atoms with Crippen molar-refractivity contribution in [2.75, 3.05) is 42.9 Å². The lowest BCUT2D eigenvalue weighted by Crippen LogP contribution is -2.48. The summed E-state index contributed by atoms with van der Waals surface area (Å²) in [5.41, 5.74) is 2.47. The fourth-order valence-electron chi connectivity index (χ4n) is 3.63. The van der Waals surface area contributed by atoms with Crippen LogP contribution in [0.2, 0.25) is 0 Å². The molecule has 0 aromatic heterocycles. The number of carbonyl (C=O) groups is 1. The molecule has 0 atom stereocenters. The van der Waals surface area contributed by atoms with E-state index in [0.29, 0.717) is 45.0 Å². The van der Waals surface area contributed by atoms with E-state index in [0.717, 1.165) is 17.0 Å². The normalized spacial score (nSPS) is 14.3. The van der Waals surface area contributed by atoms with E-state index in [1.165, 1.54) is 6.07 Å². The Morgan fingerprint density at radius 3 is 2.26 bits per heavy atom. The van der Waals surface area contributed by atoms with Gasteiger partial charge in [0.05, 0.1) is 12.2 Å². The second-order valence-corrected chi connectivity index (χ2v) is 7.56. The van der Waals surface area contributed by atoms with Gasteiger partial charge in [0.1, 0.15) is 18.2 Å². The molecule has 31 heavy (non-hydrogen) atoms. The van der Waals surface area contributed by atoms with Crippen molar-refractivity contribution in [3.05, 3.63) is 90.2 Å². The van der Waals surface area contributed by atoms with Crippen molar-refractivity contribution < 1.29 is 13.9 Å². The average Bonchev–Trinajstić information content (AvgIpc) is 2.80. The Morgan fingerprint density at radius 1 is 0.871 bits per heavy atom. The first-order chi connectivity index (χ1) is 15.2. The second-order valence-electron chi connectivity index (χ2n) is 7.56. The molecule has 1 saturated heterocycles. The fraction of sp³-hybridized carbons (Fsp3) is 0.240. The maximum Gasteiger partial charge on any atom is 0.238 e. The molecule has 0 aliphatic carbocycles. The van der Waals surface area contributed by atoms with Crippen LogP contribution in [0, 0.1) is 5.82 Å². The van der Waals surface area contributed by atoms with E-state index in [-0.39, 0.29) is 11.7 Å². The summed E-state index contributed by atoms with van der Waals surface area (Å²) >= 11 is 0. The molecule has 0 saturated carbocycles. The number of benzene rings is 3. The zero-order valence-electron chi connectivity index (χ0n) is 17.3. The standard InChI is InChI=1S/C25H26FN3O2/c26-23-8-4-5-9-24(23)29-16-14-28(15-17-29)18-25(30)27-21-10-12-22(13-11-21)31-19-20-6-2-1-3-7-20/h1-13H,14-19H2,(H,27,30). The first-order valence-electron chi connectivity index (χ1n) is 10.5. The molecule has 5 nitrogen and oxygen atoms in total. The topological polar surface area (TPSA) is 44.8 Å². The molecule has 1 heterocycles. The van der Waals surface area contributed by atoms with Crippen LogP contribution in [-0.2, 0) is 11.4 Å². The number of ether oxygens (including phenoxy) is 1. The number of piperazine rings is 1. The van der Waals surface area contributed by atoms with Gasteiger partial charge in [-0.2, -0.15) is 0 Å². The number of hydrogen-bond acceptors (Lipinski definition) is 4. The largest absolute Gasteiger partial charge is 0.489 e. The molecule has 3 aromatic rings. The average molecular weight is 420 g/mol. The summed E-state index contributed by atoms with van der Waals surface area (Å²) in [6.07, 6.45) is 0. The zero-order chi connectivity index (χ0) is 21.5. The number of nitrogens with one attached hydrogen (secondary N) is 1. The van der Waals surface area contributed by atoms with Gasteiger partial charge in [-0.1, -0.05) is 42.5 Å². The molecular formula is C25H26FN3O2. The predicted octanol–water partition coefficient (Wildman–Crippen LogP) is 4.17. The minimum Gasteiger partial charge on any atom is -0.489 e. The minimum absolute atomic E-state index is 0.0581. The highest BCUT2D eigenvalue weighted by Gasteiger charge is 2.20. The summed E-state index contributed by atoms with van der Waals surface area (Å²) in [7, 11) is 0. The van der Waals surface area contributed by atoms with Crippen LogP contribution in [0.15, 0.2) is 78.9 Å². The van der Waals surface area contributed by atoms with Gasteiger partial charge in [-0.25, -0.2) is 4.39 Å². The molecule has 1 N–H and O–H groups in total. The third kappa shape index (κ3) is 5.83. The van der Waals surface area contributed by atoms with Gasteiger partial charge < -0.3 is 15.0 Å². The van der Waals surface area contributed by atoms with Crippen LogP contribution >= 0.6 is 0 Å². The summed E-state index contributed by atoms with van der Waals surface area (Å²) in [6, 6.07) is 24.2. The van der Waals surface area contributed by atoms with Crippen molar-refractivity contribution >= 4 is 17.3 Å². The molecule has 0 bridgehead atoms. The third-order valence-corrected chi connectivity index (χ3v) is 5.32. The summed E-state index contributed by atoms with van der Waals surface area (Å²) in [5.74, 6) is 0.494. The molecule has 1 amide bonds. The Bertz CT molecular complexity index is 987. The van der Waals surface area contributed by atoms with E-state index in [9.17, 15) is 9.18 Å². The minimum atomic E-state index is -0.204. The zero-order valence-corrected chi connectivity index (χ0v) is 17.3. The van der Waals surface area contributed by atoms with E-state index in [2.05, 4.69) is 10.2 Å². The number of rotatable bonds is 7. The lowest BCUT2D eigenvalue weighted by molar-refractivity contribution is -0.117. The fourth-order valence-corrected chi connectivity index (χ4v) is 3.63. The van der Waals surface area contributed by atoms with Crippen molar-refractivity contribution in [2.45, 2.75) is 6.61 Å². The predicted molar refractivity (Wildman–Crippen MR) is 121 cm³/mol. The molecule has 1 fully saturated rings. The van der Waals surface area contributed by atoms with Crippen LogP contribution in [0.25, 0.3) is 0 Å². The van der Waals surface area contributed by atoms with E-state index >= 15 is 0 Å². The molecule has 1 aliphatic rings. The summed E-state index contributed by atoms with van der Waals surface area (Å²) < 4.78 is 19.7. The molecule has 160 valence electrons. The monoisotopic (exact) mass is 419 g/mol. The molecule has 1 aliphatic heterocycles. The first-order valence-corrected chi connectivity index (χ1v) is 10.5. The highest BCUT2D eigenvalue weighted by molar-refractivity contribution is 5.92. The van der Waals surface area contributed by atoms with Crippen LogP contribution in [0.1, 0.15) is 5.56 Å². The van der Waals surface area contributed by atoms with E-state index in [1.54, 1.807) is 12.1 Å². The second kappa shape index (κ2) is 10.1. The Balaban J connectivity index is 1.21. The van der Waals surface area contributed by atoms with Crippen molar-refractivity contribution in [1.29, 1.82) is 0 Å². The van der Waals surface area contributed by atoms with Crippen LogP contribution in [0.5, 0.6) is 5.75 Å². The van der Waals surface area contributed by atoms with Crippen LogP contribution in [0.3, 0.4) is 0 Å². The molecule has 4 rings (SSSR count).